The van der Waals surface area contributed by atoms with E-state index in [-0.39, 0.29) is 0 Å². The van der Waals surface area contributed by atoms with Crippen LogP contribution in [-0.2, 0) is 9.59 Å². The van der Waals surface area contributed by atoms with Gasteiger partial charge in [0.1, 0.15) is 0 Å². The molecule has 5 nitrogen and oxygen atoms in total. The predicted octanol–water partition coefficient (Wildman–Crippen LogP) is 1.69. The van der Waals surface area contributed by atoms with Crippen molar-refractivity contribution in [1.82, 2.24) is 0 Å². The van der Waals surface area contributed by atoms with E-state index < -0.39 is 24.3 Å². The van der Waals surface area contributed by atoms with E-state index in [1.165, 1.54) is 0 Å². The molecule has 1 aromatic rings. The highest BCUT2D eigenvalue weighted by atomic mass is 127. The van der Waals surface area contributed by atoms with Crippen molar-refractivity contribution >= 4 is 51.8 Å². The molecule has 0 heterocycles. The van der Waals surface area contributed by atoms with Crippen LogP contribution >= 0.6 is 34.2 Å². The highest BCUT2D eigenvalue weighted by molar-refractivity contribution is 14.1. The minimum Gasteiger partial charge on any atom is -0.481 e. The molecule has 0 radical (unpaired) electrons. The third-order valence-electron chi connectivity index (χ3n) is 1.92. The van der Waals surface area contributed by atoms with Crippen molar-refractivity contribution in [3.8, 4) is 0 Å². The summed E-state index contributed by atoms with van der Waals surface area (Å²) in [6, 6.07) is 3.99. The van der Waals surface area contributed by atoms with Crippen molar-refractivity contribution in [2.24, 2.45) is 5.73 Å². The molecule has 1 amide bonds. The molecule has 0 aromatic heterocycles. The summed E-state index contributed by atoms with van der Waals surface area (Å²) < 4.78 is 0.931. The Morgan fingerprint density at radius 2 is 2.18 bits per heavy atom. The maximum atomic E-state index is 11.5. The van der Waals surface area contributed by atoms with Crippen LogP contribution in [0.25, 0.3) is 0 Å². The lowest BCUT2D eigenvalue weighted by Crippen LogP contribution is -2.37. The fourth-order valence-corrected chi connectivity index (χ4v) is 2.00. The van der Waals surface area contributed by atoms with Crippen LogP contribution in [0.15, 0.2) is 18.2 Å². The average Bonchev–Trinajstić information content (AvgIpc) is 2.21. The molecular weight excluding hydrogens is 358 g/mol. The van der Waals surface area contributed by atoms with Gasteiger partial charge in [-0.15, -0.1) is 0 Å². The summed E-state index contributed by atoms with van der Waals surface area (Å²) in [7, 11) is 0. The number of carboxylic acids is 1. The Kier molecular flexibility index (Phi) is 5.16. The molecule has 0 saturated heterocycles. The monoisotopic (exact) mass is 368 g/mol. The number of carbonyl (C=O) groups excluding carboxylic acids is 1. The summed E-state index contributed by atoms with van der Waals surface area (Å²) in [5.74, 6) is -1.70. The fraction of sp³-hybridized carbons (Fsp3) is 0.200. The largest absolute Gasteiger partial charge is 0.481 e. The van der Waals surface area contributed by atoms with Crippen LogP contribution in [0.5, 0.6) is 0 Å². The van der Waals surface area contributed by atoms with E-state index >= 15 is 0 Å². The Labute approximate surface area is 116 Å². The maximum absolute atomic E-state index is 11.5. The number of nitrogens with two attached hydrogens (primary N) is 1. The first-order valence-electron chi connectivity index (χ1n) is 4.63. The van der Waals surface area contributed by atoms with Gasteiger partial charge >= 0.3 is 5.97 Å². The van der Waals surface area contributed by atoms with Gasteiger partial charge in [-0.2, -0.15) is 0 Å². The fourth-order valence-electron chi connectivity index (χ4n) is 1.10. The van der Waals surface area contributed by atoms with Gasteiger partial charge in [-0.25, -0.2) is 0 Å². The molecule has 17 heavy (non-hydrogen) atoms. The minimum atomic E-state index is -1.12. The van der Waals surface area contributed by atoms with Gasteiger partial charge in [0.05, 0.1) is 23.2 Å². The Bertz CT molecular complexity index is 453. The number of nitrogens with one attached hydrogen (secondary N) is 1. The molecule has 7 heteroatoms. The summed E-state index contributed by atoms with van der Waals surface area (Å²) in [5.41, 5.74) is 5.82. The maximum Gasteiger partial charge on any atom is 0.305 e. The highest BCUT2D eigenvalue weighted by Crippen LogP contribution is 2.23. The number of halogens is 2. The first-order valence-corrected chi connectivity index (χ1v) is 6.09. The second-order valence-corrected chi connectivity index (χ2v) is 4.97. The third kappa shape index (κ3) is 4.49. The number of hydrogen-bond acceptors (Lipinski definition) is 3. The summed E-state index contributed by atoms with van der Waals surface area (Å²) in [6.07, 6.45) is -0.423. The molecule has 1 aromatic carbocycles. The first kappa shape index (κ1) is 14.2. The number of hydrogen-bond donors (Lipinski definition) is 3. The molecule has 0 fully saturated rings. The molecule has 0 aliphatic carbocycles. The number of rotatable bonds is 4. The lowest BCUT2D eigenvalue weighted by molar-refractivity contribution is -0.138. The van der Waals surface area contributed by atoms with Crippen molar-refractivity contribution in [1.29, 1.82) is 0 Å². The van der Waals surface area contributed by atoms with Gasteiger partial charge < -0.3 is 16.2 Å². The summed E-state index contributed by atoms with van der Waals surface area (Å²) in [4.78, 5) is 21.9. The molecule has 0 bridgehead atoms. The molecular formula is C10H10ClIN2O3. The van der Waals surface area contributed by atoms with Crippen molar-refractivity contribution in [2.45, 2.75) is 12.5 Å². The normalized spacial score (nSPS) is 11.9. The number of carbonyl (C=O) groups is 2. The first-order chi connectivity index (χ1) is 7.90. The zero-order chi connectivity index (χ0) is 13.0. The van der Waals surface area contributed by atoms with Gasteiger partial charge in [-0.05, 0) is 40.8 Å². The van der Waals surface area contributed by atoms with E-state index in [1.807, 2.05) is 0 Å². The average molecular weight is 369 g/mol. The van der Waals surface area contributed by atoms with Gasteiger partial charge in [-0.1, -0.05) is 11.6 Å². The van der Waals surface area contributed by atoms with Crippen LogP contribution in [0.1, 0.15) is 6.42 Å². The molecule has 0 aliphatic heterocycles. The van der Waals surface area contributed by atoms with Gasteiger partial charge in [-0.3, -0.25) is 9.59 Å². The van der Waals surface area contributed by atoms with Crippen molar-refractivity contribution in [2.75, 3.05) is 5.32 Å². The number of amides is 1. The van der Waals surface area contributed by atoms with Gasteiger partial charge in [0, 0.05) is 3.57 Å². The van der Waals surface area contributed by atoms with Crippen LogP contribution in [0.4, 0.5) is 5.69 Å². The standard InChI is InChI=1S/C10H10ClIN2O3/c11-6-3-5(12)1-2-8(6)14-10(17)7(13)4-9(15)16/h1-3,7H,4,13H2,(H,14,17)(H,15,16). The lowest BCUT2D eigenvalue weighted by Gasteiger charge is -2.11. The summed E-state index contributed by atoms with van der Waals surface area (Å²) in [6.45, 7) is 0. The quantitative estimate of drug-likeness (QED) is 0.705. The molecule has 0 aliphatic rings. The number of aliphatic carboxylic acids is 1. The number of benzene rings is 1. The van der Waals surface area contributed by atoms with Gasteiger partial charge in [0.25, 0.3) is 0 Å². The third-order valence-corrected chi connectivity index (χ3v) is 2.90. The van der Waals surface area contributed by atoms with Crippen LogP contribution in [0.3, 0.4) is 0 Å². The van der Waals surface area contributed by atoms with Crippen molar-refractivity contribution in [3.63, 3.8) is 0 Å². The topological polar surface area (TPSA) is 92.4 Å². The van der Waals surface area contributed by atoms with E-state index in [0.717, 1.165) is 3.57 Å². The number of anilines is 1. The smallest absolute Gasteiger partial charge is 0.305 e. The van der Waals surface area contributed by atoms with E-state index in [4.69, 9.17) is 22.4 Å². The molecule has 1 atom stereocenters. The predicted molar refractivity (Wildman–Crippen MR) is 73.0 cm³/mol. The van der Waals surface area contributed by atoms with E-state index in [0.29, 0.717) is 10.7 Å². The molecule has 0 spiro atoms. The van der Waals surface area contributed by atoms with E-state index in [2.05, 4.69) is 27.9 Å². The Hall–Kier alpha value is -0.860. The Morgan fingerprint density at radius 3 is 2.71 bits per heavy atom. The summed E-state index contributed by atoms with van der Waals surface area (Å²) in [5, 5.41) is 11.4. The SMILES string of the molecule is NC(CC(=O)O)C(=O)Nc1ccc(I)cc1Cl. The summed E-state index contributed by atoms with van der Waals surface area (Å²) >= 11 is 7.99. The van der Waals surface area contributed by atoms with E-state index in [1.54, 1.807) is 18.2 Å². The van der Waals surface area contributed by atoms with Crippen molar-refractivity contribution < 1.29 is 14.7 Å². The van der Waals surface area contributed by atoms with Crippen LogP contribution in [-0.4, -0.2) is 23.0 Å². The van der Waals surface area contributed by atoms with Crippen molar-refractivity contribution in [3.05, 3.63) is 26.8 Å². The molecule has 0 saturated carbocycles. The Morgan fingerprint density at radius 1 is 1.53 bits per heavy atom. The Balaban J connectivity index is 2.71. The molecule has 92 valence electrons. The van der Waals surface area contributed by atoms with Gasteiger partial charge in [0.15, 0.2) is 0 Å². The van der Waals surface area contributed by atoms with Crippen LogP contribution in [0.2, 0.25) is 5.02 Å². The second kappa shape index (κ2) is 6.18. The molecule has 1 unspecified atom stereocenters. The van der Waals surface area contributed by atoms with Crippen LogP contribution < -0.4 is 11.1 Å². The minimum absolute atomic E-state index is 0.382. The molecule has 1 rings (SSSR count). The molecule has 4 N–H and O–H groups in total. The highest BCUT2D eigenvalue weighted by Gasteiger charge is 2.17. The zero-order valence-electron chi connectivity index (χ0n) is 8.61. The zero-order valence-corrected chi connectivity index (χ0v) is 11.5. The lowest BCUT2D eigenvalue weighted by atomic mass is 10.2. The van der Waals surface area contributed by atoms with Gasteiger partial charge in [0.2, 0.25) is 5.91 Å². The van der Waals surface area contributed by atoms with Crippen LogP contribution in [0, 0.1) is 3.57 Å². The van der Waals surface area contributed by atoms with E-state index in [9.17, 15) is 9.59 Å². The second-order valence-electron chi connectivity index (χ2n) is 3.32. The number of carboxylic acid groups (broad SMARTS) is 1.